The molecule has 0 radical (unpaired) electrons. The second-order valence-electron chi connectivity index (χ2n) is 5.22. The van der Waals surface area contributed by atoms with E-state index in [0.717, 1.165) is 16.8 Å². The van der Waals surface area contributed by atoms with Gasteiger partial charge in [0.25, 0.3) is 5.91 Å². The molecule has 1 aromatic carbocycles. The Morgan fingerprint density at radius 1 is 1.14 bits per heavy atom. The van der Waals surface area contributed by atoms with Crippen molar-refractivity contribution in [3.05, 3.63) is 52.5 Å². The molecule has 1 aromatic heterocycles. The molecular formula is C17H19NO4. The van der Waals surface area contributed by atoms with Gasteiger partial charge in [0.2, 0.25) is 0 Å². The predicted molar refractivity (Wildman–Crippen MR) is 83.0 cm³/mol. The van der Waals surface area contributed by atoms with Crippen LogP contribution in [0.15, 0.2) is 28.7 Å². The van der Waals surface area contributed by atoms with Gasteiger partial charge in [-0.05, 0) is 44.9 Å². The second kappa shape index (κ2) is 6.47. The molecule has 0 bridgehead atoms. The Labute approximate surface area is 129 Å². The average molecular weight is 301 g/mol. The zero-order valence-electron chi connectivity index (χ0n) is 13.1. The lowest BCUT2D eigenvalue weighted by molar-refractivity contribution is -0.119. The van der Waals surface area contributed by atoms with Crippen LogP contribution >= 0.6 is 0 Å². The Balaban J connectivity index is 1.96. The Kier molecular flexibility index (Phi) is 4.65. The molecule has 0 fully saturated rings. The minimum Gasteiger partial charge on any atom is -0.466 e. The predicted octanol–water partition coefficient (Wildman–Crippen LogP) is 3.31. The number of benzene rings is 1. The summed E-state index contributed by atoms with van der Waals surface area (Å²) < 4.78 is 10.3. The Hall–Kier alpha value is -2.56. The van der Waals surface area contributed by atoms with Crippen molar-refractivity contribution >= 4 is 17.6 Å². The fourth-order valence-electron chi connectivity index (χ4n) is 2.23. The van der Waals surface area contributed by atoms with Crippen molar-refractivity contribution in [2.45, 2.75) is 27.7 Å². The zero-order valence-corrected chi connectivity index (χ0v) is 13.1. The summed E-state index contributed by atoms with van der Waals surface area (Å²) >= 11 is 0. The molecule has 0 unspecified atom stereocenters. The monoisotopic (exact) mass is 301 g/mol. The van der Waals surface area contributed by atoms with E-state index in [2.05, 4.69) is 5.32 Å². The molecule has 0 spiro atoms. The molecule has 0 saturated carbocycles. The average Bonchev–Trinajstić information content (AvgIpc) is 2.79. The number of hydrogen-bond acceptors (Lipinski definition) is 4. The van der Waals surface area contributed by atoms with Crippen molar-refractivity contribution in [2.75, 3.05) is 11.9 Å². The molecule has 1 amide bonds. The fourth-order valence-corrected chi connectivity index (χ4v) is 2.23. The highest BCUT2D eigenvalue weighted by molar-refractivity contribution is 5.96. The third kappa shape index (κ3) is 3.55. The summed E-state index contributed by atoms with van der Waals surface area (Å²) in [5.41, 5.74) is 3.01. The van der Waals surface area contributed by atoms with Crippen molar-refractivity contribution in [2.24, 2.45) is 0 Å². The van der Waals surface area contributed by atoms with Gasteiger partial charge in [0.05, 0.1) is 0 Å². The van der Waals surface area contributed by atoms with Crippen LogP contribution in [0.4, 0.5) is 5.69 Å². The van der Waals surface area contributed by atoms with Crippen LogP contribution in [0.1, 0.15) is 33.0 Å². The van der Waals surface area contributed by atoms with Crippen LogP contribution in [0, 0.1) is 27.7 Å². The first-order valence-electron chi connectivity index (χ1n) is 6.98. The largest absolute Gasteiger partial charge is 0.466 e. The van der Waals surface area contributed by atoms with Gasteiger partial charge in [0.1, 0.15) is 17.1 Å². The van der Waals surface area contributed by atoms with E-state index >= 15 is 0 Å². The lowest BCUT2D eigenvalue weighted by atomic mass is 10.1. The van der Waals surface area contributed by atoms with Gasteiger partial charge in [-0.15, -0.1) is 0 Å². The van der Waals surface area contributed by atoms with Gasteiger partial charge in [-0.25, -0.2) is 4.79 Å². The highest BCUT2D eigenvalue weighted by Crippen LogP contribution is 2.19. The molecule has 2 aromatic rings. The molecule has 0 saturated heterocycles. The zero-order chi connectivity index (χ0) is 16.3. The molecule has 2 rings (SSSR count). The highest BCUT2D eigenvalue weighted by Gasteiger charge is 2.16. The van der Waals surface area contributed by atoms with E-state index in [1.165, 1.54) is 0 Å². The summed E-state index contributed by atoms with van der Waals surface area (Å²) in [6.07, 6.45) is 0. The number of amides is 1. The summed E-state index contributed by atoms with van der Waals surface area (Å²) in [5.74, 6) is 0.178. The molecule has 1 N–H and O–H groups in total. The Bertz CT molecular complexity index is 695. The molecule has 1 heterocycles. The number of hydrogen-bond donors (Lipinski definition) is 1. The van der Waals surface area contributed by atoms with E-state index < -0.39 is 5.97 Å². The van der Waals surface area contributed by atoms with Crippen molar-refractivity contribution in [1.29, 1.82) is 0 Å². The number of aryl methyl sites for hydroxylation is 4. The Morgan fingerprint density at radius 2 is 1.77 bits per heavy atom. The number of furan rings is 1. The van der Waals surface area contributed by atoms with Gasteiger partial charge >= 0.3 is 5.97 Å². The van der Waals surface area contributed by atoms with E-state index in [9.17, 15) is 9.59 Å². The van der Waals surface area contributed by atoms with E-state index in [1.54, 1.807) is 19.9 Å². The number of esters is 1. The van der Waals surface area contributed by atoms with Crippen molar-refractivity contribution in [3.8, 4) is 0 Å². The van der Waals surface area contributed by atoms with Crippen LogP contribution in [-0.4, -0.2) is 18.5 Å². The molecule has 0 aliphatic heterocycles. The van der Waals surface area contributed by atoms with Gasteiger partial charge < -0.3 is 14.5 Å². The lowest BCUT2D eigenvalue weighted by Crippen LogP contribution is -2.21. The number of para-hydroxylation sites is 1. The smallest absolute Gasteiger partial charge is 0.342 e. The molecular weight excluding hydrogens is 282 g/mol. The third-order valence-corrected chi connectivity index (χ3v) is 3.34. The first kappa shape index (κ1) is 15.8. The molecule has 22 heavy (non-hydrogen) atoms. The number of rotatable bonds is 4. The van der Waals surface area contributed by atoms with E-state index in [0.29, 0.717) is 17.1 Å². The molecule has 0 aliphatic rings. The van der Waals surface area contributed by atoms with Crippen molar-refractivity contribution in [1.82, 2.24) is 0 Å². The maximum Gasteiger partial charge on any atom is 0.342 e. The SMILES string of the molecule is Cc1cc(C(=O)OCC(=O)Nc2c(C)cccc2C)c(C)o1. The van der Waals surface area contributed by atoms with Gasteiger partial charge in [-0.1, -0.05) is 18.2 Å². The van der Waals surface area contributed by atoms with E-state index in [-0.39, 0.29) is 12.5 Å². The number of anilines is 1. The highest BCUT2D eigenvalue weighted by atomic mass is 16.5. The van der Waals surface area contributed by atoms with Gasteiger partial charge in [0.15, 0.2) is 6.61 Å². The number of carbonyl (C=O) groups is 2. The Morgan fingerprint density at radius 3 is 2.32 bits per heavy atom. The summed E-state index contributed by atoms with van der Waals surface area (Å²) in [6, 6.07) is 7.34. The van der Waals surface area contributed by atoms with Gasteiger partial charge in [-0.3, -0.25) is 4.79 Å². The topological polar surface area (TPSA) is 68.5 Å². The van der Waals surface area contributed by atoms with Crippen LogP contribution in [0.25, 0.3) is 0 Å². The summed E-state index contributed by atoms with van der Waals surface area (Å²) in [6.45, 7) is 6.91. The number of carbonyl (C=O) groups excluding carboxylic acids is 2. The van der Waals surface area contributed by atoms with Crippen LogP contribution in [0.2, 0.25) is 0 Å². The third-order valence-electron chi connectivity index (χ3n) is 3.34. The van der Waals surface area contributed by atoms with Gasteiger partial charge in [-0.2, -0.15) is 0 Å². The van der Waals surface area contributed by atoms with E-state index in [1.807, 2.05) is 32.0 Å². The second-order valence-corrected chi connectivity index (χ2v) is 5.22. The molecule has 5 heteroatoms. The van der Waals surface area contributed by atoms with Crippen LogP contribution in [0.5, 0.6) is 0 Å². The summed E-state index contributed by atoms with van der Waals surface area (Å²) in [4.78, 5) is 23.8. The first-order chi connectivity index (χ1) is 10.4. The number of nitrogens with one attached hydrogen (secondary N) is 1. The van der Waals surface area contributed by atoms with Crippen LogP contribution < -0.4 is 5.32 Å². The van der Waals surface area contributed by atoms with Crippen molar-refractivity contribution in [3.63, 3.8) is 0 Å². The maximum absolute atomic E-state index is 11.9. The van der Waals surface area contributed by atoms with Crippen LogP contribution in [-0.2, 0) is 9.53 Å². The van der Waals surface area contributed by atoms with Gasteiger partial charge in [0, 0.05) is 5.69 Å². The molecule has 116 valence electrons. The summed E-state index contributed by atoms with van der Waals surface area (Å²) in [7, 11) is 0. The normalized spacial score (nSPS) is 10.4. The molecule has 0 atom stereocenters. The molecule has 5 nitrogen and oxygen atoms in total. The lowest BCUT2D eigenvalue weighted by Gasteiger charge is -2.11. The maximum atomic E-state index is 11.9. The minimum absolute atomic E-state index is 0.337. The minimum atomic E-state index is -0.564. The van der Waals surface area contributed by atoms with E-state index in [4.69, 9.17) is 9.15 Å². The summed E-state index contributed by atoms with van der Waals surface area (Å²) in [5, 5.41) is 2.77. The number of ether oxygens (including phenoxy) is 1. The standard InChI is InChI=1S/C17H19NO4/c1-10-6-5-7-11(2)16(10)18-15(19)9-21-17(20)14-8-12(3)22-13(14)4/h5-8H,9H2,1-4H3,(H,18,19). The van der Waals surface area contributed by atoms with Crippen LogP contribution in [0.3, 0.4) is 0 Å². The fraction of sp³-hybridized carbons (Fsp3) is 0.294. The molecule has 0 aliphatic carbocycles. The van der Waals surface area contributed by atoms with Crippen molar-refractivity contribution < 1.29 is 18.7 Å². The first-order valence-corrected chi connectivity index (χ1v) is 6.98. The quantitative estimate of drug-likeness (QED) is 0.880.